The Morgan fingerprint density at radius 3 is 2.62 bits per heavy atom. The Balaban J connectivity index is 1.61. The molecule has 0 spiro atoms. The molecule has 2 bridgehead atoms. The minimum absolute atomic E-state index is 0.192. The van der Waals surface area contributed by atoms with Crippen molar-refractivity contribution in [2.24, 2.45) is 5.92 Å². The highest BCUT2D eigenvalue weighted by Crippen LogP contribution is 2.42. The Labute approximate surface area is 143 Å². The second-order valence-corrected chi connectivity index (χ2v) is 8.60. The van der Waals surface area contributed by atoms with Crippen LogP contribution in [0.5, 0.6) is 0 Å². The Morgan fingerprint density at radius 1 is 1.33 bits per heavy atom. The quantitative estimate of drug-likeness (QED) is 0.911. The number of nitrogens with one attached hydrogen (secondary N) is 1. The molecule has 134 valence electrons. The molecule has 0 aromatic carbocycles. The van der Waals surface area contributed by atoms with Crippen LogP contribution in [-0.4, -0.2) is 56.0 Å². The second-order valence-electron chi connectivity index (χ2n) is 8.60. The van der Waals surface area contributed by atoms with Crippen molar-refractivity contribution < 1.29 is 9.53 Å². The molecule has 1 aliphatic carbocycles. The lowest BCUT2D eigenvalue weighted by Gasteiger charge is -2.42. The number of hydrogen-bond acceptors (Lipinski definition) is 5. The van der Waals surface area contributed by atoms with Crippen LogP contribution in [0.4, 0.5) is 4.79 Å². The van der Waals surface area contributed by atoms with Crippen molar-refractivity contribution in [3.05, 3.63) is 12.7 Å². The molecule has 4 atom stereocenters. The highest BCUT2D eigenvalue weighted by molar-refractivity contribution is 5.70. The zero-order chi connectivity index (χ0) is 17.7. The summed E-state index contributed by atoms with van der Waals surface area (Å²) in [5.41, 5.74) is -0.641. The summed E-state index contributed by atoms with van der Waals surface area (Å²) in [5.74, 6) is 0.511. The van der Waals surface area contributed by atoms with Crippen LogP contribution in [0.2, 0.25) is 0 Å². The van der Waals surface area contributed by atoms with Crippen molar-refractivity contribution in [3.8, 4) is 0 Å². The minimum Gasteiger partial charge on any atom is -0.444 e. The molecule has 3 aliphatic rings. The van der Waals surface area contributed by atoms with Crippen LogP contribution in [0.3, 0.4) is 0 Å². The summed E-state index contributed by atoms with van der Waals surface area (Å²) in [6, 6.07) is 0.766. The van der Waals surface area contributed by atoms with E-state index in [0.29, 0.717) is 12.0 Å². The molecular formula is C17H29N5O2. The van der Waals surface area contributed by atoms with E-state index in [4.69, 9.17) is 4.74 Å². The van der Waals surface area contributed by atoms with Crippen molar-refractivity contribution in [2.75, 3.05) is 6.54 Å². The molecule has 1 N–H and O–H groups in total. The van der Waals surface area contributed by atoms with E-state index >= 15 is 0 Å². The van der Waals surface area contributed by atoms with Gasteiger partial charge < -0.3 is 15.0 Å². The van der Waals surface area contributed by atoms with Crippen LogP contribution in [0, 0.1) is 5.92 Å². The Morgan fingerprint density at radius 2 is 2.04 bits per heavy atom. The number of ether oxygens (including phenoxy) is 1. The first kappa shape index (κ1) is 17.2. The normalized spacial score (nSPS) is 27.8. The standard InChI is InChI=1S/C17H29N5O2/c1-11(17(5,6)22-10-18-9-19-22)20-14-12-7-13(14)21(8-12)15(23)24-16(2,3)4/h9-14,20H,7-8H2,1-6H3. The maximum atomic E-state index is 12.4. The zero-order valence-corrected chi connectivity index (χ0v) is 15.5. The molecule has 0 radical (unpaired) electrons. The van der Waals surface area contributed by atoms with Gasteiger partial charge in [0.25, 0.3) is 0 Å². The molecule has 3 fully saturated rings. The van der Waals surface area contributed by atoms with Gasteiger partial charge in [-0.3, -0.25) is 0 Å². The van der Waals surface area contributed by atoms with Crippen LogP contribution in [0.25, 0.3) is 0 Å². The lowest BCUT2D eigenvalue weighted by molar-refractivity contribution is 0.0213. The molecule has 1 saturated carbocycles. The lowest BCUT2D eigenvalue weighted by atomic mass is 9.78. The number of hydrogen-bond donors (Lipinski definition) is 1. The van der Waals surface area contributed by atoms with Crippen LogP contribution in [-0.2, 0) is 10.3 Å². The zero-order valence-electron chi connectivity index (χ0n) is 15.5. The first-order chi connectivity index (χ1) is 11.1. The summed E-state index contributed by atoms with van der Waals surface area (Å²) in [4.78, 5) is 18.3. The predicted molar refractivity (Wildman–Crippen MR) is 90.6 cm³/mol. The number of rotatable bonds is 4. The van der Waals surface area contributed by atoms with Gasteiger partial charge in [0.1, 0.15) is 18.3 Å². The third-order valence-electron chi connectivity index (χ3n) is 5.44. The first-order valence-electron chi connectivity index (χ1n) is 8.70. The molecule has 7 heteroatoms. The fraction of sp³-hybridized carbons (Fsp3) is 0.824. The van der Waals surface area contributed by atoms with Crippen LogP contribution < -0.4 is 5.32 Å². The van der Waals surface area contributed by atoms with Gasteiger partial charge in [-0.25, -0.2) is 14.5 Å². The van der Waals surface area contributed by atoms with Crippen molar-refractivity contribution in [2.45, 2.75) is 77.2 Å². The molecular weight excluding hydrogens is 306 g/mol. The average molecular weight is 335 g/mol. The van der Waals surface area contributed by atoms with E-state index in [1.807, 2.05) is 30.4 Å². The van der Waals surface area contributed by atoms with Crippen molar-refractivity contribution in [1.29, 1.82) is 0 Å². The van der Waals surface area contributed by atoms with Gasteiger partial charge >= 0.3 is 6.09 Å². The number of nitrogens with zero attached hydrogens (tertiary/aromatic N) is 4. The molecule has 1 aromatic heterocycles. The van der Waals surface area contributed by atoms with Gasteiger partial charge in [-0.15, -0.1) is 0 Å². The van der Waals surface area contributed by atoms with E-state index in [0.717, 1.165) is 13.0 Å². The monoisotopic (exact) mass is 335 g/mol. The summed E-state index contributed by atoms with van der Waals surface area (Å²) in [7, 11) is 0. The fourth-order valence-electron chi connectivity index (χ4n) is 3.59. The maximum absolute atomic E-state index is 12.4. The second kappa shape index (κ2) is 5.72. The number of fused-ring (bicyclic) bond motifs is 1. The molecule has 2 aliphatic heterocycles. The van der Waals surface area contributed by atoms with Gasteiger partial charge in [0.05, 0.1) is 11.6 Å². The van der Waals surface area contributed by atoms with Crippen molar-refractivity contribution in [3.63, 3.8) is 0 Å². The van der Waals surface area contributed by atoms with Gasteiger partial charge in [0.2, 0.25) is 0 Å². The van der Waals surface area contributed by atoms with E-state index in [-0.39, 0.29) is 23.7 Å². The van der Waals surface area contributed by atoms with Gasteiger partial charge in [-0.2, -0.15) is 5.10 Å². The third-order valence-corrected chi connectivity index (χ3v) is 5.44. The average Bonchev–Trinajstić information content (AvgIpc) is 3.15. The number of amides is 1. The molecule has 3 heterocycles. The van der Waals surface area contributed by atoms with Gasteiger partial charge in [0, 0.05) is 18.6 Å². The first-order valence-corrected chi connectivity index (χ1v) is 8.70. The number of aromatic nitrogens is 3. The highest BCUT2D eigenvalue weighted by Gasteiger charge is 2.55. The van der Waals surface area contributed by atoms with Crippen molar-refractivity contribution >= 4 is 6.09 Å². The number of carbonyl (C=O) groups excluding carboxylic acids is 1. The van der Waals surface area contributed by atoms with E-state index < -0.39 is 5.60 Å². The fourth-order valence-corrected chi connectivity index (χ4v) is 3.59. The summed E-state index contributed by atoms with van der Waals surface area (Å²) < 4.78 is 7.42. The van der Waals surface area contributed by atoms with Crippen molar-refractivity contribution in [1.82, 2.24) is 25.0 Å². The molecule has 24 heavy (non-hydrogen) atoms. The molecule has 7 nitrogen and oxygen atoms in total. The SMILES string of the molecule is CC(NC1C2CC1N(C(=O)OC(C)(C)C)C2)C(C)(C)n1cncn1. The van der Waals surface area contributed by atoms with Gasteiger partial charge in [0.15, 0.2) is 0 Å². The highest BCUT2D eigenvalue weighted by atomic mass is 16.6. The summed E-state index contributed by atoms with van der Waals surface area (Å²) in [6.07, 6.45) is 4.18. The third kappa shape index (κ3) is 3.01. The Hall–Kier alpha value is -1.63. The minimum atomic E-state index is -0.449. The maximum Gasteiger partial charge on any atom is 0.410 e. The van der Waals surface area contributed by atoms with E-state index in [1.54, 1.807) is 12.7 Å². The Kier molecular flexibility index (Phi) is 4.10. The van der Waals surface area contributed by atoms with Gasteiger partial charge in [-0.05, 0) is 53.9 Å². The molecule has 4 unspecified atom stereocenters. The smallest absolute Gasteiger partial charge is 0.410 e. The lowest BCUT2D eigenvalue weighted by Crippen LogP contribution is -2.60. The topological polar surface area (TPSA) is 72.3 Å². The summed E-state index contributed by atoms with van der Waals surface area (Å²) in [5, 5.41) is 7.99. The molecule has 2 saturated heterocycles. The van der Waals surface area contributed by atoms with E-state index in [1.165, 1.54) is 0 Å². The van der Waals surface area contributed by atoms with Crippen LogP contribution in [0.1, 0.15) is 48.0 Å². The molecule has 1 aromatic rings. The number of carbonyl (C=O) groups is 1. The molecule has 1 amide bonds. The predicted octanol–water partition coefficient (Wildman–Crippen LogP) is 2.00. The Bertz CT molecular complexity index is 593. The van der Waals surface area contributed by atoms with Crippen LogP contribution >= 0.6 is 0 Å². The van der Waals surface area contributed by atoms with E-state index in [2.05, 4.69) is 36.2 Å². The summed E-state index contributed by atoms with van der Waals surface area (Å²) >= 11 is 0. The van der Waals surface area contributed by atoms with E-state index in [9.17, 15) is 4.79 Å². The van der Waals surface area contributed by atoms with Gasteiger partial charge in [-0.1, -0.05) is 0 Å². The van der Waals surface area contributed by atoms with Crippen LogP contribution in [0.15, 0.2) is 12.7 Å². The summed E-state index contributed by atoms with van der Waals surface area (Å²) in [6.45, 7) is 13.0. The molecule has 4 rings (SSSR count). The largest absolute Gasteiger partial charge is 0.444 e.